The Morgan fingerprint density at radius 3 is 2.44 bits per heavy atom. The normalized spacial score (nSPS) is 9.62. The maximum atomic E-state index is 11.5. The van der Waals surface area contributed by atoms with E-state index in [9.17, 15) is 9.59 Å². The van der Waals surface area contributed by atoms with Crippen molar-refractivity contribution in [2.45, 2.75) is 0 Å². The van der Waals surface area contributed by atoms with E-state index in [4.69, 9.17) is 17.3 Å². The van der Waals surface area contributed by atoms with E-state index in [1.165, 1.54) is 11.9 Å². The SMILES string of the molecule is CN(CC(N)=O)C(=O)Nc1ccc(Cl)cc1. The van der Waals surface area contributed by atoms with Crippen LogP contribution < -0.4 is 11.1 Å². The number of nitrogens with one attached hydrogen (secondary N) is 1. The average Bonchev–Trinajstić information content (AvgIpc) is 2.20. The van der Waals surface area contributed by atoms with Crippen LogP contribution in [0.4, 0.5) is 10.5 Å². The van der Waals surface area contributed by atoms with Crippen LogP contribution in [0.5, 0.6) is 0 Å². The summed E-state index contributed by atoms with van der Waals surface area (Å²) in [7, 11) is 1.48. The fourth-order valence-corrected chi connectivity index (χ4v) is 1.18. The van der Waals surface area contributed by atoms with Gasteiger partial charge in [0.2, 0.25) is 5.91 Å². The molecule has 0 bridgehead atoms. The van der Waals surface area contributed by atoms with E-state index < -0.39 is 11.9 Å². The average molecular weight is 242 g/mol. The van der Waals surface area contributed by atoms with Crippen LogP contribution in [-0.2, 0) is 4.79 Å². The number of urea groups is 1. The Morgan fingerprint density at radius 1 is 1.38 bits per heavy atom. The Balaban J connectivity index is 2.57. The third-order valence-corrected chi connectivity index (χ3v) is 2.09. The number of carbonyl (C=O) groups excluding carboxylic acids is 2. The lowest BCUT2D eigenvalue weighted by Gasteiger charge is -2.15. The van der Waals surface area contributed by atoms with Crippen LogP contribution in [0.3, 0.4) is 0 Å². The van der Waals surface area contributed by atoms with Crippen LogP contribution in [0.1, 0.15) is 0 Å². The van der Waals surface area contributed by atoms with Gasteiger partial charge in [0.05, 0.1) is 0 Å². The number of carbonyl (C=O) groups is 2. The number of hydrogen-bond donors (Lipinski definition) is 2. The monoisotopic (exact) mass is 241 g/mol. The van der Waals surface area contributed by atoms with Gasteiger partial charge in [0.15, 0.2) is 0 Å². The van der Waals surface area contributed by atoms with Crippen LogP contribution in [0.15, 0.2) is 24.3 Å². The summed E-state index contributed by atoms with van der Waals surface area (Å²) in [6.07, 6.45) is 0. The van der Waals surface area contributed by atoms with Crippen molar-refractivity contribution < 1.29 is 9.59 Å². The summed E-state index contributed by atoms with van der Waals surface area (Å²) in [5, 5.41) is 3.18. The molecule has 0 saturated heterocycles. The van der Waals surface area contributed by atoms with E-state index in [1.54, 1.807) is 24.3 Å². The zero-order chi connectivity index (χ0) is 12.1. The van der Waals surface area contributed by atoms with Crippen molar-refractivity contribution in [3.05, 3.63) is 29.3 Å². The molecule has 16 heavy (non-hydrogen) atoms. The topological polar surface area (TPSA) is 75.4 Å². The highest BCUT2D eigenvalue weighted by Crippen LogP contribution is 2.13. The van der Waals surface area contributed by atoms with E-state index in [-0.39, 0.29) is 6.54 Å². The minimum Gasteiger partial charge on any atom is -0.368 e. The van der Waals surface area contributed by atoms with Gasteiger partial charge in [-0.2, -0.15) is 0 Å². The van der Waals surface area contributed by atoms with Crippen molar-refractivity contribution >= 4 is 29.2 Å². The Bertz CT molecular complexity index is 392. The first-order chi connectivity index (χ1) is 7.49. The number of rotatable bonds is 3. The molecule has 5 nitrogen and oxygen atoms in total. The summed E-state index contributed by atoms with van der Waals surface area (Å²) in [5.41, 5.74) is 5.57. The molecule has 1 aromatic carbocycles. The minimum absolute atomic E-state index is 0.126. The Labute approximate surface area is 98.2 Å². The predicted octanol–water partition coefficient (Wildman–Crippen LogP) is 1.29. The quantitative estimate of drug-likeness (QED) is 0.837. The first-order valence-corrected chi connectivity index (χ1v) is 4.93. The van der Waals surface area contributed by atoms with Gasteiger partial charge in [0.1, 0.15) is 6.54 Å². The molecule has 0 aliphatic heterocycles. The molecule has 1 aromatic rings. The van der Waals surface area contributed by atoms with Crippen LogP contribution in [0.2, 0.25) is 5.02 Å². The summed E-state index contributed by atoms with van der Waals surface area (Å²) < 4.78 is 0. The molecule has 0 atom stereocenters. The van der Waals surface area contributed by atoms with E-state index in [0.29, 0.717) is 10.7 Å². The van der Waals surface area contributed by atoms with Crippen molar-refractivity contribution in [3.8, 4) is 0 Å². The lowest BCUT2D eigenvalue weighted by atomic mass is 10.3. The molecular weight excluding hydrogens is 230 g/mol. The van der Waals surface area contributed by atoms with Crippen molar-refractivity contribution in [2.24, 2.45) is 5.73 Å². The molecule has 0 aromatic heterocycles. The van der Waals surface area contributed by atoms with Crippen LogP contribution >= 0.6 is 11.6 Å². The van der Waals surface area contributed by atoms with E-state index in [2.05, 4.69) is 5.32 Å². The second-order valence-corrected chi connectivity index (χ2v) is 3.70. The molecule has 3 N–H and O–H groups in total. The van der Waals surface area contributed by atoms with Gasteiger partial charge in [-0.15, -0.1) is 0 Å². The van der Waals surface area contributed by atoms with Gasteiger partial charge < -0.3 is 16.0 Å². The first kappa shape index (κ1) is 12.3. The smallest absolute Gasteiger partial charge is 0.322 e. The van der Waals surface area contributed by atoms with E-state index in [1.807, 2.05) is 0 Å². The van der Waals surface area contributed by atoms with Gasteiger partial charge in [-0.05, 0) is 24.3 Å². The number of amides is 3. The fourth-order valence-electron chi connectivity index (χ4n) is 1.06. The van der Waals surface area contributed by atoms with Crippen molar-refractivity contribution in [3.63, 3.8) is 0 Å². The van der Waals surface area contributed by atoms with Crippen molar-refractivity contribution in [2.75, 3.05) is 18.9 Å². The minimum atomic E-state index is -0.561. The first-order valence-electron chi connectivity index (χ1n) is 4.55. The summed E-state index contributed by atoms with van der Waals surface area (Å²) in [5.74, 6) is -0.561. The zero-order valence-corrected chi connectivity index (χ0v) is 9.49. The molecule has 0 saturated carbocycles. The predicted molar refractivity (Wildman–Crippen MR) is 62.3 cm³/mol. The number of likely N-dealkylation sites (N-methyl/N-ethyl adjacent to an activating group) is 1. The molecule has 0 aliphatic rings. The van der Waals surface area contributed by atoms with Crippen molar-refractivity contribution in [1.29, 1.82) is 0 Å². The van der Waals surface area contributed by atoms with Gasteiger partial charge in [-0.25, -0.2) is 4.79 Å². The van der Waals surface area contributed by atoms with Gasteiger partial charge in [0, 0.05) is 17.8 Å². The molecule has 0 fully saturated rings. The highest BCUT2D eigenvalue weighted by Gasteiger charge is 2.10. The lowest BCUT2D eigenvalue weighted by Crippen LogP contribution is -2.38. The molecule has 86 valence electrons. The molecule has 0 aliphatic carbocycles. The van der Waals surface area contributed by atoms with Crippen molar-refractivity contribution in [1.82, 2.24) is 4.90 Å². The highest BCUT2D eigenvalue weighted by atomic mass is 35.5. The van der Waals surface area contributed by atoms with Gasteiger partial charge in [0.25, 0.3) is 0 Å². The number of anilines is 1. The van der Waals surface area contributed by atoms with Crippen LogP contribution in [0.25, 0.3) is 0 Å². The maximum Gasteiger partial charge on any atom is 0.322 e. The molecule has 0 radical (unpaired) electrons. The van der Waals surface area contributed by atoms with Gasteiger partial charge in [-0.3, -0.25) is 4.79 Å². The number of nitrogens with two attached hydrogens (primary N) is 1. The summed E-state index contributed by atoms with van der Waals surface area (Å²) >= 11 is 5.70. The number of nitrogens with zero attached hydrogens (tertiary/aromatic N) is 1. The van der Waals surface area contributed by atoms with Crippen LogP contribution in [0, 0.1) is 0 Å². The third-order valence-electron chi connectivity index (χ3n) is 1.84. The second kappa shape index (κ2) is 5.37. The summed E-state index contributed by atoms with van der Waals surface area (Å²) in [4.78, 5) is 23.3. The Hall–Kier alpha value is -1.75. The molecule has 3 amide bonds. The molecule has 1 rings (SSSR count). The molecule has 0 spiro atoms. The Morgan fingerprint density at radius 2 is 1.94 bits per heavy atom. The number of hydrogen-bond acceptors (Lipinski definition) is 2. The highest BCUT2D eigenvalue weighted by molar-refractivity contribution is 6.30. The Kier molecular flexibility index (Phi) is 4.13. The largest absolute Gasteiger partial charge is 0.368 e. The lowest BCUT2D eigenvalue weighted by molar-refractivity contribution is -0.118. The molecule has 0 unspecified atom stereocenters. The summed E-state index contributed by atoms with van der Waals surface area (Å²) in [6.45, 7) is -0.126. The fraction of sp³-hybridized carbons (Fsp3) is 0.200. The number of primary amides is 1. The maximum absolute atomic E-state index is 11.5. The number of benzene rings is 1. The molecular formula is C10H12ClN3O2. The third kappa shape index (κ3) is 3.78. The second-order valence-electron chi connectivity index (χ2n) is 3.26. The van der Waals surface area contributed by atoms with E-state index in [0.717, 1.165) is 0 Å². The number of halogens is 1. The van der Waals surface area contributed by atoms with E-state index >= 15 is 0 Å². The molecule has 6 heteroatoms. The standard InChI is InChI=1S/C10H12ClN3O2/c1-14(6-9(12)15)10(16)13-8-4-2-7(11)3-5-8/h2-5H,6H2,1H3,(H2,12,15)(H,13,16). The summed E-state index contributed by atoms with van der Waals surface area (Å²) in [6, 6.07) is 6.24. The van der Waals surface area contributed by atoms with Crippen LogP contribution in [-0.4, -0.2) is 30.4 Å². The van der Waals surface area contributed by atoms with Gasteiger partial charge in [-0.1, -0.05) is 11.6 Å². The zero-order valence-electron chi connectivity index (χ0n) is 8.74. The molecule has 0 heterocycles. The van der Waals surface area contributed by atoms with Gasteiger partial charge >= 0.3 is 6.03 Å².